The average Bonchev–Trinajstić information content (AvgIpc) is 2.81. The smallest absolute Gasteiger partial charge is 0.176 e. The van der Waals surface area contributed by atoms with Crippen LogP contribution in [0.15, 0.2) is 35.4 Å². The highest BCUT2D eigenvalue weighted by Crippen LogP contribution is 2.47. The minimum absolute atomic E-state index is 0.448. The first-order valence-corrected chi connectivity index (χ1v) is 11.1. The zero-order valence-corrected chi connectivity index (χ0v) is 20.2. The van der Waals surface area contributed by atoms with E-state index in [9.17, 15) is 10.5 Å². The monoisotopic (exact) mass is 437 g/mol. The number of unbranched alkanes of at least 4 members (excludes halogenated alkanes) is 4. The normalized spacial score (nSPS) is 20.5. The third-order valence-electron chi connectivity index (χ3n) is 6.20. The summed E-state index contributed by atoms with van der Waals surface area (Å²) in [7, 11) is 8.42. The largest absolute Gasteiger partial charge is 0.493 e. The van der Waals surface area contributed by atoms with E-state index in [0.29, 0.717) is 17.1 Å². The van der Waals surface area contributed by atoms with Crippen LogP contribution in [0, 0.1) is 28.6 Å². The van der Waals surface area contributed by atoms with Crippen LogP contribution in [0.25, 0.3) is 5.57 Å². The van der Waals surface area contributed by atoms with Gasteiger partial charge in [0, 0.05) is 7.11 Å². The molecule has 0 fully saturated rings. The second-order valence-corrected chi connectivity index (χ2v) is 8.20. The number of methoxy groups -OCH3 is 3. The van der Waals surface area contributed by atoms with Crippen molar-refractivity contribution >= 4 is 5.57 Å². The van der Waals surface area contributed by atoms with Crippen LogP contribution >= 0.6 is 0 Å². The van der Waals surface area contributed by atoms with E-state index in [1.165, 1.54) is 19.3 Å². The lowest BCUT2D eigenvalue weighted by atomic mass is 9.73. The quantitative estimate of drug-likeness (QED) is 0.344. The summed E-state index contributed by atoms with van der Waals surface area (Å²) < 4.78 is 16.9. The number of hydrogen-bond acceptors (Lipinski definition) is 6. The Balaban J connectivity index is 2.69. The molecular weight excluding hydrogens is 402 g/mol. The van der Waals surface area contributed by atoms with E-state index in [4.69, 9.17) is 14.2 Å². The number of benzene rings is 1. The van der Waals surface area contributed by atoms with Crippen LogP contribution in [0.1, 0.15) is 51.0 Å². The van der Waals surface area contributed by atoms with Crippen LogP contribution in [0.2, 0.25) is 0 Å². The van der Waals surface area contributed by atoms with Gasteiger partial charge in [-0.05, 0) is 61.9 Å². The maximum atomic E-state index is 10.4. The Kier molecular flexibility index (Phi) is 9.32. The lowest BCUT2D eigenvalue weighted by Gasteiger charge is -2.45. The van der Waals surface area contributed by atoms with Crippen molar-refractivity contribution in [2.75, 3.05) is 35.4 Å². The summed E-state index contributed by atoms with van der Waals surface area (Å²) in [5.74, 6) is 0.534. The first-order chi connectivity index (χ1) is 15.4. The summed E-state index contributed by atoms with van der Waals surface area (Å²) in [6.45, 7) is 2.20. The molecule has 2 atom stereocenters. The lowest BCUT2D eigenvalue weighted by molar-refractivity contribution is -0.0957. The molecule has 1 aliphatic carbocycles. The van der Waals surface area contributed by atoms with Gasteiger partial charge in [-0.2, -0.15) is 10.5 Å². The van der Waals surface area contributed by atoms with E-state index >= 15 is 0 Å². The summed E-state index contributed by atoms with van der Waals surface area (Å²) >= 11 is 0. The standard InChI is InChI=1S/C26H35N3O3/c1-7-8-9-10-11-12-19-15-21(17-27)26(32-6,29(2)3)22(18-28)25(19)20-13-14-23(30-4)24(16-20)31-5/h13-16,22H,7-12H2,1-6H3. The van der Waals surface area contributed by atoms with Crippen molar-refractivity contribution in [3.8, 4) is 23.6 Å². The van der Waals surface area contributed by atoms with E-state index < -0.39 is 11.6 Å². The Bertz CT molecular complexity index is 937. The number of allylic oxidation sites excluding steroid dienone is 2. The Hall–Kier alpha value is -2.80. The summed E-state index contributed by atoms with van der Waals surface area (Å²) in [6, 6.07) is 10.5. The van der Waals surface area contributed by atoms with Gasteiger partial charge in [0.2, 0.25) is 0 Å². The fraction of sp³-hybridized carbons (Fsp3) is 0.538. The van der Waals surface area contributed by atoms with E-state index in [1.54, 1.807) is 21.3 Å². The Labute approximate surface area is 192 Å². The molecule has 6 nitrogen and oxygen atoms in total. The third-order valence-corrected chi connectivity index (χ3v) is 6.20. The first-order valence-electron chi connectivity index (χ1n) is 11.1. The summed E-state index contributed by atoms with van der Waals surface area (Å²) in [5.41, 5.74) is 2.03. The van der Waals surface area contributed by atoms with Crippen LogP contribution in [0.4, 0.5) is 0 Å². The fourth-order valence-electron chi connectivity index (χ4n) is 4.55. The maximum absolute atomic E-state index is 10.4. The molecule has 32 heavy (non-hydrogen) atoms. The van der Waals surface area contributed by atoms with Gasteiger partial charge in [-0.1, -0.05) is 38.7 Å². The molecule has 0 amide bonds. The Morgan fingerprint density at radius 2 is 1.69 bits per heavy atom. The second-order valence-electron chi connectivity index (χ2n) is 8.20. The molecule has 1 aromatic carbocycles. The number of ether oxygens (including phenoxy) is 3. The molecular formula is C26H35N3O3. The van der Waals surface area contributed by atoms with Crippen molar-refractivity contribution < 1.29 is 14.2 Å². The minimum atomic E-state index is -1.17. The van der Waals surface area contributed by atoms with Gasteiger partial charge in [0.15, 0.2) is 17.2 Å². The number of rotatable bonds is 11. The molecule has 0 aromatic heterocycles. The fourth-order valence-corrected chi connectivity index (χ4v) is 4.55. The number of nitriles is 2. The predicted molar refractivity (Wildman–Crippen MR) is 126 cm³/mol. The van der Waals surface area contributed by atoms with Crippen LogP contribution in [0.3, 0.4) is 0 Å². The summed E-state index contributed by atoms with van der Waals surface area (Å²) in [6.07, 6.45) is 8.43. The summed E-state index contributed by atoms with van der Waals surface area (Å²) in [4.78, 5) is 1.81. The number of likely N-dealkylation sites (N-methyl/N-ethyl adjacent to an activating group) is 1. The molecule has 2 unspecified atom stereocenters. The van der Waals surface area contributed by atoms with Crippen molar-refractivity contribution in [1.29, 1.82) is 10.5 Å². The van der Waals surface area contributed by atoms with Gasteiger partial charge in [0.05, 0.1) is 31.9 Å². The number of nitrogens with zero attached hydrogens (tertiary/aromatic N) is 3. The van der Waals surface area contributed by atoms with Crippen LogP contribution in [0.5, 0.6) is 11.5 Å². The molecule has 1 aliphatic rings. The van der Waals surface area contributed by atoms with Crippen LogP contribution in [-0.2, 0) is 4.74 Å². The van der Waals surface area contributed by atoms with E-state index in [-0.39, 0.29) is 0 Å². The van der Waals surface area contributed by atoms with E-state index in [2.05, 4.69) is 19.1 Å². The van der Waals surface area contributed by atoms with Crippen molar-refractivity contribution in [3.63, 3.8) is 0 Å². The van der Waals surface area contributed by atoms with Crippen molar-refractivity contribution in [3.05, 3.63) is 41.0 Å². The zero-order chi connectivity index (χ0) is 23.7. The molecule has 172 valence electrons. The zero-order valence-electron chi connectivity index (χ0n) is 20.2. The minimum Gasteiger partial charge on any atom is -0.493 e. The molecule has 0 spiro atoms. The Morgan fingerprint density at radius 3 is 2.22 bits per heavy atom. The highest BCUT2D eigenvalue weighted by atomic mass is 16.5. The summed E-state index contributed by atoms with van der Waals surface area (Å²) in [5, 5.41) is 20.3. The van der Waals surface area contributed by atoms with Crippen molar-refractivity contribution in [2.45, 2.75) is 51.2 Å². The predicted octanol–water partition coefficient (Wildman–Crippen LogP) is 5.33. The first kappa shape index (κ1) is 25.5. The van der Waals surface area contributed by atoms with E-state index in [1.807, 2.05) is 43.3 Å². The molecule has 6 heteroatoms. The molecule has 2 rings (SSSR count). The van der Waals surface area contributed by atoms with Gasteiger partial charge in [0.25, 0.3) is 0 Å². The van der Waals surface area contributed by atoms with Crippen LogP contribution < -0.4 is 9.47 Å². The van der Waals surface area contributed by atoms with Gasteiger partial charge in [-0.3, -0.25) is 4.90 Å². The average molecular weight is 438 g/mol. The van der Waals surface area contributed by atoms with Crippen molar-refractivity contribution in [2.24, 2.45) is 5.92 Å². The molecule has 1 aromatic rings. The third kappa shape index (κ3) is 4.83. The van der Waals surface area contributed by atoms with Gasteiger partial charge in [-0.15, -0.1) is 0 Å². The molecule has 0 radical (unpaired) electrons. The van der Waals surface area contributed by atoms with Gasteiger partial charge >= 0.3 is 0 Å². The lowest BCUT2D eigenvalue weighted by Crippen LogP contribution is -2.54. The SMILES string of the molecule is CCCCCCCC1=C(c2ccc(OC)c(OC)c2)C(C#N)C(OC)(N(C)C)C(C#N)=C1. The topological polar surface area (TPSA) is 78.5 Å². The molecule has 0 heterocycles. The van der Waals surface area contributed by atoms with Crippen molar-refractivity contribution in [1.82, 2.24) is 4.90 Å². The number of hydrogen-bond donors (Lipinski definition) is 0. The van der Waals surface area contributed by atoms with Gasteiger partial charge in [-0.25, -0.2) is 0 Å². The molecule has 0 N–H and O–H groups in total. The Morgan fingerprint density at radius 1 is 1.00 bits per heavy atom. The molecule has 0 bridgehead atoms. The van der Waals surface area contributed by atoms with E-state index in [0.717, 1.165) is 36.0 Å². The van der Waals surface area contributed by atoms with Crippen LogP contribution in [-0.4, -0.2) is 46.0 Å². The van der Waals surface area contributed by atoms with Gasteiger partial charge in [0.1, 0.15) is 5.92 Å². The molecule has 0 saturated carbocycles. The highest BCUT2D eigenvalue weighted by Gasteiger charge is 2.50. The highest BCUT2D eigenvalue weighted by molar-refractivity contribution is 5.80. The van der Waals surface area contributed by atoms with Gasteiger partial charge < -0.3 is 14.2 Å². The second kappa shape index (κ2) is 11.7. The maximum Gasteiger partial charge on any atom is 0.176 e. The molecule has 0 aliphatic heterocycles. The molecule has 0 saturated heterocycles.